The summed E-state index contributed by atoms with van der Waals surface area (Å²) in [7, 11) is 0. The van der Waals surface area contributed by atoms with Gasteiger partial charge in [0.25, 0.3) is 0 Å². The molecular formula is C31H51NO4. The van der Waals surface area contributed by atoms with E-state index >= 15 is 0 Å². The second kappa shape index (κ2) is 10.3. The maximum atomic E-state index is 13.1. The van der Waals surface area contributed by atoms with Gasteiger partial charge in [-0.15, -0.1) is 0 Å². The maximum Gasteiger partial charge on any atom is 0.225 e. The predicted molar refractivity (Wildman–Crippen MR) is 141 cm³/mol. The van der Waals surface area contributed by atoms with Crippen molar-refractivity contribution < 1.29 is 19.4 Å². The molecule has 0 aromatic rings. The highest BCUT2D eigenvalue weighted by molar-refractivity contribution is 5.87. The summed E-state index contributed by atoms with van der Waals surface area (Å²) in [5.74, 6) is 3.38. The smallest absolute Gasteiger partial charge is 0.225 e. The second-order valence-corrected chi connectivity index (χ2v) is 13.9. The van der Waals surface area contributed by atoms with Crippen LogP contribution in [0.3, 0.4) is 0 Å². The SMILES string of the molecule is CCCCCOCCN(C[C@@]1(O)CC[C@@]2(C)[C@@H](CC[C@@H]3[C@@H]2CC[C@]2(C)C(=O)CC[C@@H]32)C1)C(=O)C1CC1. The number of ketones is 1. The normalized spacial score (nSPS) is 41.9. The molecule has 5 heteroatoms. The number of nitrogens with zero attached hydrogens (tertiary/aromatic N) is 1. The van der Waals surface area contributed by atoms with Gasteiger partial charge >= 0.3 is 0 Å². The van der Waals surface area contributed by atoms with Crippen molar-refractivity contribution in [2.24, 2.45) is 40.4 Å². The van der Waals surface area contributed by atoms with Crippen LogP contribution < -0.4 is 0 Å². The molecule has 204 valence electrons. The Kier molecular flexibility index (Phi) is 7.64. The number of aliphatic hydroxyl groups is 1. The van der Waals surface area contributed by atoms with Crippen LogP contribution in [0, 0.1) is 40.4 Å². The molecule has 0 radical (unpaired) electrons. The Morgan fingerprint density at radius 3 is 2.56 bits per heavy atom. The Balaban J connectivity index is 1.22. The molecule has 0 spiro atoms. The zero-order chi connectivity index (χ0) is 25.6. The summed E-state index contributed by atoms with van der Waals surface area (Å²) in [6.45, 7) is 9.36. The van der Waals surface area contributed by atoms with E-state index in [1.807, 2.05) is 4.90 Å². The lowest BCUT2D eigenvalue weighted by Gasteiger charge is -2.61. The van der Waals surface area contributed by atoms with E-state index in [4.69, 9.17) is 4.74 Å². The minimum absolute atomic E-state index is 0.0674. The van der Waals surface area contributed by atoms with E-state index in [0.717, 1.165) is 70.8 Å². The summed E-state index contributed by atoms with van der Waals surface area (Å²) in [6.07, 6.45) is 14.6. The Bertz CT molecular complexity index is 825. The minimum atomic E-state index is -0.781. The predicted octanol–water partition coefficient (Wildman–Crippen LogP) is 5.77. The third kappa shape index (κ3) is 4.93. The molecular weight excluding hydrogens is 450 g/mol. The van der Waals surface area contributed by atoms with Gasteiger partial charge in [-0.25, -0.2) is 0 Å². The first-order chi connectivity index (χ1) is 17.2. The average molecular weight is 502 g/mol. The molecule has 0 saturated heterocycles. The number of carbonyl (C=O) groups excluding carboxylic acids is 2. The number of amides is 1. The van der Waals surface area contributed by atoms with E-state index in [-0.39, 0.29) is 22.7 Å². The van der Waals surface area contributed by atoms with E-state index in [2.05, 4.69) is 20.8 Å². The molecule has 0 heterocycles. The average Bonchev–Trinajstić information content (AvgIpc) is 3.65. The molecule has 0 unspecified atom stereocenters. The molecule has 0 aromatic heterocycles. The van der Waals surface area contributed by atoms with Crippen molar-refractivity contribution in [2.45, 2.75) is 116 Å². The number of fused-ring (bicyclic) bond motifs is 5. The van der Waals surface area contributed by atoms with Gasteiger partial charge in [0.2, 0.25) is 5.91 Å². The van der Waals surface area contributed by atoms with E-state index in [0.29, 0.717) is 49.2 Å². The standard InChI is InChI=1S/C31H51NO4/c1-4-5-6-18-36-19-17-32(28(34)22-7-8-22)21-31(35)16-15-29(2)23(20-31)9-10-24-25-11-12-27(33)30(25,3)14-13-26(24)29/h22-26,35H,4-21H2,1-3H3/t23-,24-,25-,26-,29-,30-,31+/m0/s1. The van der Waals surface area contributed by atoms with Gasteiger partial charge in [0, 0.05) is 37.5 Å². The molecule has 1 amide bonds. The molecule has 36 heavy (non-hydrogen) atoms. The quantitative estimate of drug-likeness (QED) is 0.386. The summed E-state index contributed by atoms with van der Waals surface area (Å²) in [5, 5.41) is 11.9. The van der Waals surface area contributed by atoms with E-state index in [1.54, 1.807) is 0 Å². The van der Waals surface area contributed by atoms with E-state index in [9.17, 15) is 14.7 Å². The van der Waals surface area contributed by atoms with Gasteiger partial charge < -0.3 is 14.7 Å². The Morgan fingerprint density at radius 1 is 1.00 bits per heavy atom. The minimum Gasteiger partial charge on any atom is -0.388 e. The largest absolute Gasteiger partial charge is 0.388 e. The van der Waals surface area contributed by atoms with Crippen LogP contribution in [0.4, 0.5) is 0 Å². The summed E-state index contributed by atoms with van der Waals surface area (Å²) in [6, 6.07) is 0. The zero-order valence-corrected chi connectivity index (χ0v) is 23.2. The van der Waals surface area contributed by atoms with Crippen LogP contribution in [0.25, 0.3) is 0 Å². The second-order valence-electron chi connectivity index (χ2n) is 13.9. The zero-order valence-electron chi connectivity index (χ0n) is 23.2. The van der Waals surface area contributed by atoms with Gasteiger partial charge in [0.15, 0.2) is 0 Å². The van der Waals surface area contributed by atoms with Gasteiger partial charge in [-0.05, 0) is 99.7 Å². The number of hydrogen-bond acceptors (Lipinski definition) is 4. The highest BCUT2D eigenvalue weighted by Crippen LogP contribution is 2.66. The van der Waals surface area contributed by atoms with Crippen LogP contribution in [0.1, 0.15) is 111 Å². The molecule has 0 bridgehead atoms. The summed E-state index contributed by atoms with van der Waals surface area (Å²) in [5.41, 5.74) is -0.589. The van der Waals surface area contributed by atoms with Crippen LogP contribution in [-0.4, -0.2) is 53.6 Å². The third-order valence-corrected chi connectivity index (χ3v) is 11.7. The topological polar surface area (TPSA) is 66.8 Å². The van der Waals surface area contributed by atoms with Gasteiger partial charge in [-0.1, -0.05) is 33.6 Å². The highest BCUT2D eigenvalue weighted by Gasteiger charge is 2.61. The lowest BCUT2D eigenvalue weighted by molar-refractivity contribution is -0.162. The molecule has 0 aromatic carbocycles. The molecule has 1 N–H and O–H groups in total. The lowest BCUT2D eigenvalue weighted by atomic mass is 9.44. The van der Waals surface area contributed by atoms with Crippen molar-refractivity contribution in [3.8, 4) is 0 Å². The summed E-state index contributed by atoms with van der Waals surface area (Å²) < 4.78 is 5.85. The summed E-state index contributed by atoms with van der Waals surface area (Å²) in [4.78, 5) is 27.8. The maximum absolute atomic E-state index is 13.1. The highest BCUT2D eigenvalue weighted by atomic mass is 16.5. The Labute approximate surface area is 219 Å². The number of unbranched alkanes of at least 4 members (excludes halogenated alkanes) is 2. The molecule has 5 nitrogen and oxygen atoms in total. The molecule has 5 fully saturated rings. The van der Waals surface area contributed by atoms with Crippen molar-refractivity contribution in [3.63, 3.8) is 0 Å². The van der Waals surface area contributed by atoms with E-state index in [1.165, 1.54) is 25.7 Å². The summed E-state index contributed by atoms with van der Waals surface area (Å²) >= 11 is 0. The Hall–Kier alpha value is -0.940. The lowest BCUT2D eigenvalue weighted by Crippen LogP contribution is -2.58. The van der Waals surface area contributed by atoms with Crippen LogP contribution in [0.15, 0.2) is 0 Å². The van der Waals surface area contributed by atoms with Crippen LogP contribution >= 0.6 is 0 Å². The molecule has 5 saturated carbocycles. The van der Waals surface area contributed by atoms with Gasteiger partial charge in [0.05, 0.1) is 12.2 Å². The fourth-order valence-electron chi connectivity index (χ4n) is 9.18. The molecule has 5 rings (SSSR count). The number of rotatable bonds is 10. The van der Waals surface area contributed by atoms with Crippen LogP contribution in [0.2, 0.25) is 0 Å². The first-order valence-electron chi connectivity index (χ1n) is 15.3. The number of carbonyl (C=O) groups is 2. The molecule has 5 aliphatic rings. The fraction of sp³-hybridized carbons (Fsp3) is 0.935. The van der Waals surface area contributed by atoms with E-state index < -0.39 is 5.60 Å². The number of hydrogen-bond donors (Lipinski definition) is 1. The molecule has 5 aliphatic carbocycles. The van der Waals surface area contributed by atoms with Crippen molar-refractivity contribution in [1.29, 1.82) is 0 Å². The van der Waals surface area contributed by atoms with Crippen LogP contribution in [0.5, 0.6) is 0 Å². The molecule has 7 atom stereocenters. The number of Topliss-reactive ketones (excluding diaryl/α,β-unsaturated/α-hetero) is 1. The number of ether oxygens (including phenoxy) is 1. The van der Waals surface area contributed by atoms with Gasteiger partial charge in [-0.3, -0.25) is 9.59 Å². The fourth-order valence-corrected chi connectivity index (χ4v) is 9.18. The third-order valence-electron chi connectivity index (χ3n) is 11.7. The van der Waals surface area contributed by atoms with Gasteiger partial charge in [-0.2, -0.15) is 0 Å². The van der Waals surface area contributed by atoms with Gasteiger partial charge in [0.1, 0.15) is 5.78 Å². The first kappa shape index (κ1) is 26.7. The Morgan fingerprint density at radius 2 is 1.81 bits per heavy atom. The van der Waals surface area contributed by atoms with Crippen molar-refractivity contribution in [3.05, 3.63) is 0 Å². The van der Waals surface area contributed by atoms with Crippen molar-refractivity contribution >= 4 is 11.7 Å². The monoisotopic (exact) mass is 501 g/mol. The van der Waals surface area contributed by atoms with Crippen molar-refractivity contribution in [1.82, 2.24) is 4.90 Å². The molecule has 0 aliphatic heterocycles. The van der Waals surface area contributed by atoms with Crippen LogP contribution in [-0.2, 0) is 14.3 Å². The first-order valence-corrected chi connectivity index (χ1v) is 15.3. The van der Waals surface area contributed by atoms with Crippen molar-refractivity contribution in [2.75, 3.05) is 26.3 Å².